The number of benzene rings is 2. The van der Waals surface area contributed by atoms with Gasteiger partial charge in [-0.3, -0.25) is 9.59 Å². The van der Waals surface area contributed by atoms with Gasteiger partial charge in [0.25, 0.3) is 0 Å². The van der Waals surface area contributed by atoms with E-state index in [4.69, 9.17) is 23.2 Å². The molecule has 2 amide bonds. The summed E-state index contributed by atoms with van der Waals surface area (Å²) in [4.78, 5) is 27.9. The second kappa shape index (κ2) is 13.8. The number of nitrogens with one attached hydrogen (secondary N) is 1. The number of unbranched alkanes of at least 4 members (excludes halogenated alkanes) is 1. The number of hydrogen-bond acceptors (Lipinski definition) is 3. The highest BCUT2D eigenvalue weighted by molar-refractivity contribution is 7.99. The van der Waals surface area contributed by atoms with E-state index in [2.05, 4.69) is 12.2 Å². The fourth-order valence-corrected chi connectivity index (χ4v) is 4.54. The Morgan fingerprint density at radius 1 is 1.09 bits per heavy atom. The number of halogens is 2. The second-order valence-corrected chi connectivity index (χ2v) is 9.56. The molecule has 0 bridgehead atoms. The molecule has 1 N–H and O–H groups in total. The van der Waals surface area contributed by atoms with Crippen LogP contribution < -0.4 is 5.32 Å². The molecule has 2 aromatic rings. The lowest BCUT2D eigenvalue weighted by Gasteiger charge is -2.31. The lowest BCUT2D eigenvalue weighted by atomic mass is 10.1. The van der Waals surface area contributed by atoms with E-state index in [0.717, 1.165) is 29.5 Å². The van der Waals surface area contributed by atoms with Crippen molar-refractivity contribution in [1.82, 2.24) is 10.2 Å². The van der Waals surface area contributed by atoms with Crippen LogP contribution in [0.15, 0.2) is 42.5 Å². The normalized spacial score (nSPS) is 11.8. The molecule has 0 aliphatic carbocycles. The third-order valence-electron chi connectivity index (χ3n) is 5.30. The Kier molecular flexibility index (Phi) is 11.4. The fourth-order valence-electron chi connectivity index (χ4n) is 3.37. The first kappa shape index (κ1) is 26.6. The highest BCUT2D eigenvalue weighted by Crippen LogP contribution is 2.25. The number of amides is 2. The minimum atomic E-state index is -0.496. The number of aryl methyl sites for hydroxylation is 1. The zero-order valence-corrected chi connectivity index (χ0v) is 21.3. The van der Waals surface area contributed by atoms with Crippen molar-refractivity contribution in [3.8, 4) is 0 Å². The molecule has 0 fully saturated rings. The van der Waals surface area contributed by atoms with Crippen molar-refractivity contribution in [2.24, 2.45) is 0 Å². The van der Waals surface area contributed by atoms with Gasteiger partial charge in [-0.05, 0) is 48.6 Å². The van der Waals surface area contributed by atoms with Gasteiger partial charge in [0.1, 0.15) is 6.04 Å². The molecule has 4 nitrogen and oxygen atoms in total. The maximum atomic E-state index is 13.3. The van der Waals surface area contributed by atoms with Crippen LogP contribution in [0.25, 0.3) is 0 Å². The predicted molar refractivity (Wildman–Crippen MR) is 136 cm³/mol. The molecule has 0 radical (unpaired) electrons. The van der Waals surface area contributed by atoms with Crippen LogP contribution in [0, 0.1) is 6.92 Å². The summed E-state index contributed by atoms with van der Waals surface area (Å²) in [5, 5.41) is 4.02. The van der Waals surface area contributed by atoms with Gasteiger partial charge in [-0.25, -0.2) is 0 Å². The molecule has 2 rings (SSSR count). The molecular weight excluding hydrogens is 463 g/mol. The molecular formula is C25H32Cl2N2O2S. The summed E-state index contributed by atoms with van der Waals surface area (Å²) in [6, 6.07) is 13.0. The van der Waals surface area contributed by atoms with Crippen LogP contribution >= 0.6 is 35.0 Å². The van der Waals surface area contributed by atoms with Crippen molar-refractivity contribution < 1.29 is 9.59 Å². The van der Waals surface area contributed by atoms with E-state index < -0.39 is 6.04 Å². The Balaban J connectivity index is 2.12. The lowest BCUT2D eigenvalue weighted by Crippen LogP contribution is -2.49. The summed E-state index contributed by atoms with van der Waals surface area (Å²) in [5.74, 6) is 0.790. The minimum Gasteiger partial charge on any atom is -0.354 e. The van der Waals surface area contributed by atoms with E-state index in [1.165, 1.54) is 11.8 Å². The predicted octanol–water partition coefficient (Wildman–Crippen LogP) is 6.26. The van der Waals surface area contributed by atoms with E-state index in [1.54, 1.807) is 11.0 Å². The summed E-state index contributed by atoms with van der Waals surface area (Å²) < 4.78 is 0. The van der Waals surface area contributed by atoms with Crippen molar-refractivity contribution in [2.75, 3.05) is 12.3 Å². The van der Waals surface area contributed by atoms with Crippen LogP contribution in [0.1, 0.15) is 49.8 Å². The highest BCUT2D eigenvalue weighted by Gasteiger charge is 2.28. The standard InChI is InChI=1S/C25H32Cl2N2O2S/c1-4-6-13-28-25(31)23(5-2)29(15-20-10-8-7-9-18(20)3)24(30)17-32-16-19-11-12-21(26)22(27)14-19/h7-12,14,23H,4-6,13,15-17H2,1-3H3,(H,28,31)/t23-/m1/s1. The molecule has 32 heavy (non-hydrogen) atoms. The monoisotopic (exact) mass is 494 g/mol. The molecule has 0 aliphatic heterocycles. The molecule has 0 aromatic heterocycles. The SMILES string of the molecule is CCCCNC(=O)[C@@H](CC)N(Cc1ccccc1C)C(=O)CSCc1ccc(Cl)c(Cl)c1. The molecule has 0 heterocycles. The lowest BCUT2D eigenvalue weighted by molar-refractivity contribution is -0.139. The number of rotatable bonds is 12. The van der Waals surface area contributed by atoms with Crippen LogP contribution in [0.4, 0.5) is 0 Å². The zero-order chi connectivity index (χ0) is 23.5. The first-order valence-electron chi connectivity index (χ1n) is 11.0. The van der Waals surface area contributed by atoms with Gasteiger partial charge in [-0.15, -0.1) is 11.8 Å². The van der Waals surface area contributed by atoms with Gasteiger partial charge in [0.2, 0.25) is 11.8 Å². The zero-order valence-electron chi connectivity index (χ0n) is 19.0. The van der Waals surface area contributed by atoms with Crippen LogP contribution in [0.3, 0.4) is 0 Å². The van der Waals surface area contributed by atoms with Crippen molar-refractivity contribution >= 4 is 46.8 Å². The van der Waals surface area contributed by atoms with Crippen LogP contribution in [-0.2, 0) is 21.9 Å². The summed E-state index contributed by atoms with van der Waals surface area (Å²) in [5.41, 5.74) is 3.16. The number of carbonyl (C=O) groups excluding carboxylic acids is 2. The molecule has 0 aliphatic rings. The van der Waals surface area contributed by atoms with Crippen LogP contribution in [0.2, 0.25) is 10.0 Å². The summed E-state index contributed by atoms with van der Waals surface area (Å²) in [7, 11) is 0. The molecule has 2 aromatic carbocycles. The smallest absolute Gasteiger partial charge is 0.242 e. The number of thioether (sulfide) groups is 1. The van der Waals surface area contributed by atoms with E-state index in [1.807, 2.05) is 50.2 Å². The Morgan fingerprint density at radius 3 is 2.50 bits per heavy atom. The van der Waals surface area contributed by atoms with Gasteiger partial charge in [0.15, 0.2) is 0 Å². The number of nitrogens with zero attached hydrogens (tertiary/aromatic N) is 1. The summed E-state index contributed by atoms with van der Waals surface area (Å²) >= 11 is 13.6. The van der Waals surface area contributed by atoms with Crippen molar-refractivity contribution in [3.63, 3.8) is 0 Å². The molecule has 7 heteroatoms. The largest absolute Gasteiger partial charge is 0.354 e. The maximum Gasteiger partial charge on any atom is 0.242 e. The second-order valence-electron chi connectivity index (χ2n) is 7.76. The van der Waals surface area contributed by atoms with E-state index in [9.17, 15) is 9.59 Å². The fraction of sp³-hybridized carbons (Fsp3) is 0.440. The van der Waals surface area contributed by atoms with E-state index >= 15 is 0 Å². The average molecular weight is 496 g/mol. The first-order chi connectivity index (χ1) is 15.4. The minimum absolute atomic E-state index is 0.0456. The topological polar surface area (TPSA) is 49.4 Å². The molecule has 0 unspecified atom stereocenters. The quantitative estimate of drug-likeness (QED) is 0.354. The Labute approximate surface area is 206 Å². The van der Waals surface area contributed by atoms with Crippen LogP contribution in [0.5, 0.6) is 0 Å². The highest BCUT2D eigenvalue weighted by atomic mass is 35.5. The van der Waals surface area contributed by atoms with E-state index in [-0.39, 0.29) is 17.6 Å². The summed E-state index contributed by atoms with van der Waals surface area (Å²) in [6.45, 7) is 7.11. The third kappa shape index (κ3) is 8.02. The Bertz CT molecular complexity index is 907. The van der Waals surface area contributed by atoms with Gasteiger partial charge >= 0.3 is 0 Å². The Hall–Kier alpha value is -1.69. The molecule has 1 atom stereocenters. The van der Waals surface area contributed by atoms with E-state index in [0.29, 0.717) is 35.3 Å². The summed E-state index contributed by atoms with van der Waals surface area (Å²) in [6.07, 6.45) is 2.49. The third-order valence-corrected chi connectivity index (χ3v) is 7.02. The molecule has 0 saturated heterocycles. The van der Waals surface area contributed by atoms with Gasteiger partial charge in [0, 0.05) is 18.8 Å². The van der Waals surface area contributed by atoms with Gasteiger partial charge in [-0.2, -0.15) is 0 Å². The molecule has 174 valence electrons. The molecule has 0 saturated carbocycles. The van der Waals surface area contributed by atoms with Crippen molar-refractivity contribution in [2.45, 2.75) is 58.4 Å². The van der Waals surface area contributed by atoms with Crippen molar-refractivity contribution in [1.29, 1.82) is 0 Å². The maximum absolute atomic E-state index is 13.3. The average Bonchev–Trinajstić information content (AvgIpc) is 2.77. The first-order valence-corrected chi connectivity index (χ1v) is 12.9. The van der Waals surface area contributed by atoms with Crippen molar-refractivity contribution in [3.05, 3.63) is 69.2 Å². The van der Waals surface area contributed by atoms with Gasteiger partial charge < -0.3 is 10.2 Å². The number of carbonyl (C=O) groups is 2. The molecule has 0 spiro atoms. The van der Waals surface area contributed by atoms with Gasteiger partial charge in [-0.1, -0.05) is 73.8 Å². The Morgan fingerprint density at radius 2 is 1.84 bits per heavy atom. The number of hydrogen-bond donors (Lipinski definition) is 1. The van der Waals surface area contributed by atoms with Gasteiger partial charge in [0.05, 0.1) is 15.8 Å². The van der Waals surface area contributed by atoms with Crippen LogP contribution in [-0.4, -0.2) is 35.1 Å².